The van der Waals surface area contributed by atoms with Crippen LogP contribution in [0.15, 0.2) is 66.7 Å². The first-order chi connectivity index (χ1) is 17.3. The van der Waals surface area contributed by atoms with E-state index in [0.29, 0.717) is 43.1 Å². The minimum absolute atomic E-state index is 0.0766. The number of aryl methyl sites for hydroxylation is 2. The molecule has 3 N–H and O–H groups in total. The lowest BCUT2D eigenvalue weighted by atomic mass is 10.1. The molecule has 3 aromatic rings. The van der Waals surface area contributed by atoms with Crippen LogP contribution in [-0.4, -0.2) is 60.5 Å². The van der Waals surface area contributed by atoms with Crippen molar-refractivity contribution in [3.63, 3.8) is 0 Å². The van der Waals surface area contributed by atoms with Crippen molar-refractivity contribution < 1.29 is 19.5 Å². The predicted octanol–water partition coefficient (Wildman–Crippen LogP) is 4.01. The molecule has 0 atom stereocenters. The average Bonchev–Trinajstić information content (AvgIpc) is 2.86. The Balaban J connectivity index is 1.37. The summed E-state index contributed by atoms with van der Waals surface area (Å²) in [6.45, 7) is 6.57. The van der Waals surface area contributed by atoms with E-state index in [2.05, 4.69) is 15.5 Å². The van der Waals surface area contributed by atoms with Crippen LogP contribution in [0, 0.1) is 13.8 Å². The van der Waals surface area contributed by atoms with E-state index in [9.17, 15) is 19.5 Å². The zero-order chi connectivity index (χ0) is 25.7. The standard InChI is InChI=1S/C28H30N4O4/c1-19-7-9-21(10-8-19)29-26(33)18-31-13-15-32(16-14-31)25-12-11-22(17-24(25)28(35)36)30-27(34)23-6-4-3-5-20(23)2/h3-12,17H,13-16,18H2,1-2H3,(H,29,33)(H,30,34)(H,35,36). The number of carboxylic acid groups (broad SMARTS) is 1. The molecule has 2 amide bonds. The van der Waals surface area contributed by atoms with E-state index in [4.69, 9.17) is 0 Å². The molecule has 1 aliphatic heterocycles. The van der Waals surface area contributed by atoms with Gasteiger partial charge in [-0.25, -0.2) is 4.79 Å². The zero-order valence-electron chi connectivity index (χ0n) is 20.5. The number of rotatable bonds is 7. The van der Waals surface area contributed by atoms with Gasteiger partial charge in [0.2, 0.25) is 5.91 Å². The van der Waals surface area contributed by atoms with Gasteiger partial charge in [0.1, 0.15) is 0 Å². The monoisotopic (exact) mass is 486 g/mol. The van der Waals surface area contributed by atoms with Crippen molar-refractivity contribution >= 4 is 34.8 Å². The maximum Gasteiger partial charge on any atom is 0.337 e. The fourth-order valence-corrected chi connectivity index (χ4v) is 4.27. The van der Waals surface area contributed by atoms with E-state index in [-0.39, 0.29) is 23.9 Å². The highest BCUT2D eigenvalue weighted by molar-refractivity contribution is 6.06. The van der Waals surface area contributed by atoms with E-state index >= 15 is 0 Å². The summed E-state index contributed by atoms with van der Waals surface area (Å²) in [5.41, 5.74) is 4.44. The summed E-state index contributed by atoms with van der Waals surface area (Å²) in [7, 11) is 0. The van der Waals surface area contributed by atoms with Crippen LogP contribution >= 0.6 is 0 Å². The number of nitrogens with one attached hydrogen (secondary N) is 2. The van der Waals surface area contributed by atoms with Gasteiger partial charge in [0.25, 0.3) is 5.91 Å². The van der Waals surface area contributed by atoms with Crippen LogP contribution in [0.4, 0.5) is 17.1 Å². The Morgan fingerprint density at radius 3 is 2.14 bits per heavy atom. The fourth-order valence-electron chi connectivity index (χ4n) is 4.27. The molecule has 0 radical (unpaired) electrons. The van der Waals surface area contributed by atoms with E-state index in [1.54, 1.807) is 24.3 Å². The Morgan fingerprint density at radius 1 is 0.806 bits per heavy atom. The number of amides is 2. The molecule has 0 unspecified atom stereocenters. The van der Waals surface area contributed by atoms with Crippen LogP contribution in [0.5, 0.6) is 0 Å². The second kappa shape index (κ2) is 11.0. The van der Waals surface area contributed by atoms with Crippen LogP contribution in [-0.2, 0) is 4.79 Å². The summed E-state index contributed by atoms with van der Waals surface area (Å²) in [6, 6.07) is 19.9. The first kappa shape index (κ1) is 24.9. The summed E-state index contributed by atoms with van der Waals surface area (Å²) >= 11 is 0. The number of carbonyl (C=O) groups is 3. The van der Waals surface area contributed by atoms with E-state index in [1.807, 2.05) is 55.1 Å². The maximum atomic E-state index is 12.6. The van der Waals surface area contributed by atoms with Crippen molar-refractivity contribution in [2.45, 2.75) is 13.8 Å². The van der Waals surface area contributed by atoms with Crippen LogP contribution in [0.3, 0.4) is 0 Å². The van der Waals surface area contributed by atoms with E-state index < -0.39 is 5.97 Å². The fraction of sp³-hybridized carbons (Fsp3) is 0.250. The van der Waals surface area contributed by atoms with Gasteiger partial charge in [-0.3, -0.25) is 14.5 Å². The number of hydrogen-bond acceptors (Lipinski definition) is 5. The maximum absolute atomic E-state index is 12.6. The number of piperazine rings is 1. The number of benzene rings is 3. The molecule has 36 heavy (non-hydrogen) atoms. The topological polar surface area (TPSA) is 102 Å². The van der Waals surface area contributed by atoms with Crippen molar-refractivity contribution in [2.75, 3.05) is 48.3 Å². The Hall–Kier alpha value is -4.17. The number of nitrogens with zero attached hydrogens (tertiary/aromatic N) is 2. The van der Waals surface area contributed by atoms with Gasteiger partial charge >= 0.3 is 5.97 Å². The summed E-state index contributed by atoms with van der Waals surface area (Å²) in [5.74, 6) is -1.42. The first-order valence-corrected chi connectivity index (χ1v) is 11.9. The third kappa shape index (κ3) is 6.09. The number of carboxylic acids is 1. The van der Waals surface area contributed by atoms with Crippen molar-refractivity contribution in [3.05, 3.63) is 89.0 Å². The molecule has 1 saturated heterocycles. The Labute approximate surface area is 210 Å². The van der Waals surface area contributed by atoms with Crippen LogP contribution in [0.1, 0.15) is 31.8 Å². The third-order valence-electron chi connectivity index (χ3n) is 6.29. The number of carbonyl (C=O) groups excluding carboxylic acids is 2. The summed E-state index contributed by atoms with van der Waals surface area (Å²) in [5, 5.41) is 15.6. The largest absolute Gasteiger partial charge is 0.478 e. The normalized spacial score (nSPS) is 13.8. The Bertz CT molecular complexity index is 1260. The van der Waals surface area contributed by atoms with Gasteiger partial charge in [-0.05, 0) is 55.8 Å². The minimum Gasteiger partial charge on any atom is -0.478 e. The second-order valence-electron chi connectivity index (χ2n) is 8.98. The molecule has 1 heterocycles. The quantitative estimate of drug-likeness (QED) is 0.466. The highest BCUT2D eigenvalue weighted by Gasteiger charge is 2.23. The molecular weight excluding hydrogens is 456 g/mol. The van der Waals surface area contributed by atoms with Gasteiger partial charge in [0, 0.05) is 43.1 Å². The summed E-state index contributed by atoms with van der Waals surface area (Å²) in [6.07, 6.45) is 0. The molecule has 0 saturated carbocycles. The smallest absolute Gasteiger partial charge is 0.337 e. The lowest BCUT2D eigenvalue weighted by molar-refractivity contribution is -0.117. The SMILES string of the molecule is Cc1ccc(NC(=O)CN2CCN(c3ccc(NC(=O)c4ccccc4C)cc3C(=O)O)CC2)cc1. The van der Waals surface area contributed by atoms with E-state index in [1.165, 1.54) is 6.07 Å². The molecule has 0 aromatic heterocycles. The molecule has 186 valence electrons. The van der Waals surface area contributed by atoms with Crippen molar-refractivity contribution in [1.82, 2.24) is 4.90 Å². The van der Waals surface area contributed by atoms with Crippen molar-refractivity contribution in [3.8, 4) is 0 Å². The zero-order valence-corrected chi connectivity index (χ0v) is 20.5. The molecule has 4 rings (SSSR count). The summed E-state index contributed by atoms with van der Waals surface area (Å²) < 4.78 is 0. The highest BCUT2D eigenvalue weighted by atomic mass is 16.4. The highest BCUT2D eigenvalue weighted by Crippen LogP contribution is 2.26. The van der Waals surface area contributed by atoms with Crippen LogP contribution in [0.2, 0.25) is 0 Å². The molecule has 8 nitrogen and oxygen atoms in total. The molecule has 8 heteroatoms. The molecule has 3 aromatic carbocycles. The van der Waals surface area contributed by atoms with Gasteiger partial charge in [-0.15, -0.1) is 0 Å². The Morgan fingerprint density at radius 2 is 1.47 bits per heavy atom. The van der Waals surface area contributed by atoms with Gasteiger partial charge in [-0.1, -0.05) is 35.9 Å². The van der Waals surface area contributed by atoms with Gasteiger partial charge in [0.15, 0.2) is 0 Å². The molecule has 0 aliphatic carbocycles. The summed E-state index contributed by atoms with van der Waals surface area (Å²) in [4.78, 5) is 41.2. The molecule has 0 spiro atoms. The molecule has 1 aliphatic rings. The molecule has 1 fully saturated rings. The van der Waals surface area contributed by atoms with Gasteiger partial charge < -0.3 is 20.6 Å². The van der Waals surface area contributed by atoms with E-state index in [0.717, 1.165) is 16.8 Å². The third-order valence-corrected chi connectivity index (χ3v) is 6.29. The van der Waals surface area contributed by atoms with Crippen molar-refractivity contribution in [2.24, 2.45) is 0 Å². The van der Waals surface area contributed by atoms with Crippen LogP contribution in [0.25, 0.3) is 0 Å². The number of aromatic carboxylic acids is 1. The van der Waals surface area contributed by atoms with Gasteiger partial charge in [-0.2, -0.15) is 0 Å². The second-order valence-corrected chi connectivity index (χ2v) is 8.98. The lowest BCUT2D eigenvalue weighted by Crippen LogP contribution is -2.49. The molecular formula is C28H30N4O4. The first-order valence-electron chi connectivity index (χ1n) is 11.9. The molecule has 0 bridgehead atoms. The van der Waals surface area contributed by atoms with Crippen LogP contribution < -0.4 is 15.5 Å². The predicted molar refractivity (Wildman–Crippen MR) is 141 cm³/mol. The average molecular weight is 487 g/mol. The Kier molecular flexibility index (Phi) is 7.65. The number of anilines is 3. The van der Waals surface area contributed by atoms with Gasteiger partial charge in [0.05, 0.1) is 17.8 Å². The van der Waals surface area contributed by atoms with Crippen molar-refractivity contribution in [1.29, 1.82) is 0 Å². The lowest BCUT2D eigenvalue weighted by Gasteiger charge is -2.36. The number of hydrogen-bond donors (Lipinski definition) is 3. The minimum atomic E-state index is -1.06.